The van der Waals surface area contributed by atoms with Gasteiger partial charge in [0.05, 0.1) is 39.5 Å². The molecular weight excluding hydrogens is 877 g/mol. The van der Waals surface area contributed by atoms with Crippen LogP contribution in [0.15, 0.2) is 116 Å². The number of nitrogens with two attached hydrogens (primary N) is 1. The number of rotatable bonds is 5. The van der Waals surface area contributed by atoms with Gasteiger partial charge in [-0.1, -0.05) is 180 Å². The zero-order valence-electron chi connectivity index (χ0n) is 42.8. The van der Waals surface area contributed by atoms with E-state index in [-0.39, 0.29) is 43.5 Å². The maximum atomic E-state index is 13.7. The van der Waals surface area contributed by atoms with Gasteiger partial charge in [0.25, 0.3) is 0 Å². The van der Waals surface area contributed by atoms with Crippen molar-refractivity contribution >= 4 is 45.6 Å². The average Bonchev–Trinajstić information content (AvgIpc) is 4.16. The summed E-state index contributed by atoms with van der Waals surface area (Å²) < 4.78 is 0. The molecule has 4 aromatic carbocycles. The predicted molar refractivity (Wildman–Crippen MR) is 294 cm³/mol. The lowest BCUT2D eigenvalue weighted by molar-refractivity contribution is -0.382. The van der Waals surface area contributed by atoms with Crippen molar-refractivity contribution in [3.8, 4) is 67.3 Å². The van der Waals surface area contributed by atoms with E-state index in [1.807, 2.05) is 24.3 Å². The van der Waals surface area contributed by atoms with E-state index >= 15 is 0 Å². The molecule has 10 nitrogen and oxygen atoms in total. The Balaban J connectivity index is 1.44. The van der Waals surface area contributed by atoms with Crippen molar-refractivity contribution in [1.82, 2.24) is 29.9 Å². The summed E-state index contributed by atoms with van der Waals surface area (Å²) >= 11 is 0. The molecule has 10 heteroatoms. The summed E-state index contributed by atoms with van der Waals surface area (Å²) in [6, 6.07) is 38.1. The fourth-order valence-corrected chi connectivity index (χ4v) is 9.86. The van der Waals surface area contributed by atoms with Gasteiger partial charge in [-0.2, -0.15) is 0 Å². The molecule has 0 unspecified atom stereocenters. The number of fused-ring (bicyclic) bond motifs is 11. The lowest BCUT2D eigenvalue weighted by Crippen LogP contribution is -2.10. The monoisotopic (exact) mass is 938 g/mol. The van der Waals surface area contributed by atoms with Crippen LogP contribution in [0.2, 0.25) is 0 Å². The molecule has 358 valence electrons. The summed E-state index contributed by atoms with van der Waals surface area (Å²) in [5.74, 6) is 0. The Morgan fingerprint density at radius 2 is 0.873 bits per heavy atom. The van der Waals surface area contributed by atoms with Gasteiger partial charge in [0, 0.05) is 33.3 Å². The van der Waals surface area contributed by atoms with Gasteiger partial charge in [0.15, 0.2) is 0 Å². The zero-order chi connectivity index (χ0) is 50.5. The fourth-order valence-electron chi connectivity index (χ4n) is 9.86. The van der Waals surface area contributed by atoms with E-state index in [4.69, 9.17) is 20.7 Å². The zero-order valence-corrected chi connectivity index (χ0v) is 42.8. The minimum absolute atomic E-state index is 0.00745. The van der Waals surface area contributed by atoms with Crippen LogP contribution in [0.25, 0.3) is 102 Å². The second-order valence-corrected chi connectivity index (χ2v) is 23.1. The van der Waals surface area contributed by atoms with Gasteiger partial charge in [0.1, 0.15) is 22.6 Å². The SMILES string of the molecule is CC(C)(C)c1ccc(-c2c3nc(c(-c4ccc(C(C)(C)C)cc4)c4[nH]c(c(-c5ccc(C(C)(C)C)cc5)c5nc(c(-c6ccc(C(C)(C)C)cc6)c6ccc2[nH]6)-c2nc[nH]c2-5)c([N+](=O)[O-])c4N)C=C3)cc1. The molecule has 0 saturated heterocycles. The Hall–Kier alpha value is -7.85. The van der Waals surface area contributed by atoms with Crippen LogP contribution in [0.3, 0.4) is 0 Å². The van der Waals surface area contributed by atoms with E-state index in [1.54, 1.807) is 6.33 Å². The number of nitrogens with zero attached hydrogens (tertiary/aromatic N) is 4. The molecule has 0 atom stereocenters. The first-order chi connectivity index (χ1) is 33.5. The lowest BCUT2D eigenvalue weighted by atomic mass is 9.86. The third-order valence-electron chi connectivity index (χ3n) is 14.0. The molecule has 0 fully saturated rings. The highest BCUT2D eigenvalue weighted by atomic mass is 16.6. The molecular formula is C61H62N8O2. The normalized spacial score (nSPS) is 12.9. The summed E-state index contributed by atoms with van der Waals surface area (Å²) in [5, 5.41) is 13.7. The first-order valence-electron chi connectivity index (χ1n) is 24.4. The number of imidazole rings is 1. The number of anilines is 1. The Bertz CT molecular complexity index is 3620. The molecule has 8 aromatic rings. The Labute approximate surface area is 415 Å². The Morgan fingerprint density at radius 3 is 1.32 bits per heavy atom. The van der Waals surface area contributed by atoms with Crippen molar-refractivity contribution in [2.45, 2.75) is 105 Å². The molecule has 6 heterocycles. The van der Waals surface area contributed by atoms with Crippen LogP contribution in [0.5, 0.6) is 0 Å². The van der Waals surface area contributed by atoms with Crippen molar-refractivity contribution < 1.29 is 4.92 Å². The number of nitrogens with one attached hydrogen (secondary N) is 3. The molecule has 0 saturated carbocycles. The summed E-state index contributed by atoms with van der Waals surface area (Å²) in [6.45, 7) is 26.3. The van der Waals surface area contributed by atoms with Gasteiger partial charge >= 0.3 is 5.69 Å². The Kier molecular flexibility index (Phi) is 11.0. The smallest absolute Gasteiger partial charge is 0.318 e. The minimum Gasteiger partial charge on any atom is -0.391 e. The number of aromatic amines is 3. The fraction of sp³-hybridized carbons (Fsp3) is 0.262. The average molecular weight is 939 g/mol. The van der Waals surface area contributed by atoms with E-state index in [0.29, 0.717) is 45.1 Å². The summed E-state index contributed by atoms with van der Waals surface area (Å²) in [7, 11) is 0. The number of hydrogen-bond acceptors (Lipinski definition) is 6. The van der Waals surface area contributed by atoms with Gasteiger partial charge in [-0.15, -0.1) is 0 Å². The third-order valence-corrected chi connectivity index (χ3v) is 14.0. The number of hydrogen-bond donors (Lipinski definition) is 4. The molecule has 71 heavy (non-hydrogen) atoms. The molecule has 10 rings (SSSR count). The highest BCUT2D eigenvalue weighted by molar-refractivity contribution is 6.09. The van der Waals surface area contributed by atoms with E-state index < -0.39 is 0 Å². The molecule has 5 N–H and O–H groups in total. The molecule has 2 aliphatic heterocycles. The lowest BCUT2D eigenvalue weighted by Gasteiger charge is -2.19. The van der Waals surface area contributed by atoms with Crippen LogP contribution in [0.1, 0.15) is 117 Å². The third kappa shape index (κ3) is 8.35. The van der Waals surface area contributed by atoms with Crippen LogP contribution in [0, 0.1) is 10.1 Å². The van der Waals surface area contributed by atoms with Gasteiger partial charge in [-0.3, -0.25) is 10.1 Å². The highest BCUT2D eigenvalue weighted by Crippen LogP contribution is 2.49. The second-order valence-electron chi connectivity index (χ2n) is 23.1. The predicted octanol–water partition coefficient (Wildman–Crippen LogP) is 15.9. The summed E-state index contributed by atoms with van der Waals surface area (Å²) in [5.41, 5.74) is 23.4. The summed E-state index contributed by atoms with van der Waals surface area (Å²) in [4.78, 5) is 40.2. The van der Waals surface area contributed by atoms with Crippen LogP contribution in [-0.4, -0.2) is 34.8 Å². The van der Waals surface area contributed by atoms with Crippen molar-refractivity contribution in [1.29, 1.82) is 0 Å². The summed E-state index contributed by atoms with van der Waals surface area (Å²) in [6.07, 6.45) is 5.68. The first kappa shape index (κ1) is 46.9. The molecule has 0 radical (unpaired) electrons. The number of nitro groups is 1. The largest absolute Gasteiger partial charge is 0.391 e. The number of nitrogen functional groups attached to an aromatic ring is 1. The van der Waals surface area contributed by atoms with Crippen molar-refractivity contribution in [2.75, 3.05) is 5.73 Å². The maximum Gasteiger partial charge on any atom is 0.318 e. The van der Waals surface area contributed by atoms with E-state index in [2.05, 4.69) is 195 Å². The van der Waals surface area contributed by atoms with Gasteiger partial charge in [-0.25, -0.2) is 15.0 Å². The molecule has 2 aliphatic rings. The molecule has 8 bridgehead atoms. The number of aromatic nitrogens is 6. The standard InChI is InChI=1S/C61H62N8O2/c1-58(2,3)38-21-13-34(14-22-38)46-42-29-31-44(65-42)47(35-15-23-39(24-16-35)59(4,5)6)51-50(62)57(69(70)71)54(67-51)49(37-19-27-41(28-20-37)61(10,11)12)53-56-55(63-33-64-56)52(68-53)48(45-32-30-43(46)66-45)36-17-25-40(26-18-36)60(7,8)9/h13-33,66-67H,62H2,1-12H3,(H,63,64). The van der Waals surface area contributed by atoms with Crippen LogP contribution in [0.4, 0.5) is 11.4 Å². The van der Waals surface area contributed by atoms with E-state index in [0.717, 1.165) is 61.2 Å². The number of benzene rings is 4. The number of H-pyrrole nitrogens is 3. The minimum atomic E-state index is -0.387. The van der Waals surface area contributed by atoms with Crippen molar-refractivity contribution in [2.24, 2.45) is 0 Å². The first-order valence-corrected chi connectivity index (χ1v) is 24.4. The van der Waals surface area contributed by atoms with Crippen LogP contribution < -0.4 is 5.73 Å². The van der Waals surface area contributed by atoms with E-state index in [9.17, 15) is 10.1 Å². The van der Waals surface area contributed by atoms with Gasteiger partial charge < -0.3 is 20.7 Å². The maximum absolute atomic E-state index is 13.7. The van der Waals surface area contributed by atoms with Crippen molar-refractivity contribution in [3.05, 3.63) is 159 Å². The Morgan fingerprint density at radius 1 is 0.465 bits per heavy atom. The van der Waals surface area contributed by atoms with Crippen LogP contribution >= 0.6 is 0 Å². The molecule has 0 aliphatic carbocycles. The van der Waals surface area contributed by atoms with Gasteiger partial charge in [-0.05, 0) is 90.5 Å². The van der Waals surface area contributed by atoms with E-state index in [1.165, 1.54) is 11.1 Å². The molecule has 0 spiro atoms. The quantitative estimate of drug-likeness (QED) is 0.0995. The topological polar surface area (TPSA) is 155 Å². The molecule has 4 aromatic heterocycles. The van der Waals surface area contributed by atoms with Crippen molar-refractivity contribution in [3.63, 3.8) is 0 Å². The van der Waals surface area contributed by atoms with Crippen LogP contribution in [-0.2, 0) is 21.7 Å². The molecule has 0 amide bonds. The second kappa shape index (κ2) is 16.6. The highest BCUT2D eigenvalue weighted by Gasteiger charge is 2.33. The van der Waals surface area contributed by atoms with Gasteiger partial charge in [0.2, 0.25) is 0 Å².